The van der Waals surface area contributed by atoms with E-state index in [1.54, 1.807) is 7.11 Å². The molecule has 0 aromatic heterocycles. The van der Waals surface area contributed by atoms with Crippen molar-refractivity contribution in [2.75, 3.05) is 53.0 Å². The molecule has 146 valence electrons. The summed E-state index contributed by atoms with van der Waals surface area (Å²) in [7, 11) is 1.59. The van der Waals surface area contributed by atoms with Crippen molar-refractivity contribution in [1.29, 1.82) is 0 Å². The number of ether oxygens (including phenoxy) is 2. The van der Waals surface area contributed by atoms with Gasteiger partial charge >= 0.3 is 0 Å². The third-order valence-corrected chi connectivity index (χ3v) is 4.15. The number of halogens is 1. The van der Waals surface area contributed by atoms with E-state index in [2.05, 4.69) is 22.1 Å². The molecule has 0 spiro atoms. The second kappa shape index (κ2) is 12.6. The molecule has 1 aliphatic rings. The Balaban J connectivity index is 0.00000338. The zero-order chi connectivity index (χ0) is 17.9. The lowest BCUT2D eigenvalue weighted by atomic mass is 10.1. The van der Waals surface area contributed by atoms with E-state index in [1.165, 1.54) is 0 Å². The van der Waals surface area contributed by atoms with Crippen LogP contribution < -0.4 is 20.1 Å². The molecular weight excluding hydrogens is 354 g/mol. The summed E-state index contributed by atoms with van der Waals surface area (Å²) in [6.45, 7) is 9.66. The van der Waals surface area contributed by atoms with Crippen molar-refractivity contribution in [3.05, 3.63) is 36.4 Å². The predicted octanol–water partition coefficient (Wildman–Crippen LogP) is 1.64. The van der Waals surface area contributed by atoms with Crippen LogP contribution in [0, 0.1) is 0 Å². The molecule has 26 heavy (non-hydrogen) atoms. The van der Waals surface area contributed by atoms with Gasteiger partial charge in [0.2, 0.25) is 0 Å². The van der Waals surface area contributed by atoms with Crippen LogP contribution in [0.1, 0.15) is 12.0 Å². The number of allylic oxidation sites excluding steroid dienone is 1. The average molecular weight is 384 g/mol. The van der Waals surface area contributed by atoms with Crippen LogP contribution in [-0.4, -0.2) is 63.8 Å². The summed E-state index contributed by atoms with van der Waals surface area (Å²) in [6.07, 6.45) is 3.55. The number of benzene rings is 1. The molecule has 1 heterocycles. The Morgan fingerprint density at radius 3 is 2.81 bits per heavy atom. The number of hydrogen-bond acceptors (Lipinski definition) is 5. The maximum Gasteiger partial charge on any atom is 0.257 e. The zero-order valence-corrected chi connectivity index (χ0v) is 16.3. The Morgan fingerprint density at radius 1 is 1.35 bits per heavy atom. The first-order chi connectivity index (χ1) is 12.2. The van der Waals surface area contributed by atoms with E-state index in [0.717, 1.165) is 51.1 Å². The highest BCUT2D eigenvalue weighted by atomic mass is 35.5. The molecule has 0 bridgehead atoms. The average Bonchev–Trinajstić information content (AvgIpc) is 2.65. The lowest BCUT2D eigenvalue weighted by Gasteiger charge is -2.27. The van der Waals surface area contributed by atoms with Crippen LogP contribution in [0.2, 0.25) is 0 Å². The largest absolute Gasteiger partial charge is 0.493 e. The number of hydrogen-bond donors (Lipinski definition) is 2. The van der Waals surface area contributed by atoms with Crippen molar-refractivity contribution < 1.29 is 14.3 Å². The fraction of sp³-hybridized carbons (Fsp3) is 0.526. The standard InChI is InChI=1S/C19H29N3O3.ClH/c1-3-5-16-6-7-17(18(14-16)24-2)25-15-19(23)21-8-4-11-22-12-9-20-10-13-22;/h3,6-7,14,20H,1,4-5,8-13,15H2,2H3,(H,21,23);1H. The van der Waals surface area contributed by atoms with E-state index in [0.29, 0.717) is 18.0 Å². The molecular formula is C19H30ClN3O3. The Hall–Kier alpha value is -1.76. The molecule has 1 fully saturated rings. The maximum atomic E-state index is 11.9. The van der Waals surface area contributed by atoms with E-state index >= 15 is 0 Å². The number of nitrogens with zero attached hydrogens (tertiary/aromatic N) is 1. The minimum atomic E-state index is -0.113. The van der Waals surface area contributed by atoms with Gasteiger partial charge in [-0.2, -0.15) is 0 Å². The van der Waals surface area contributed by atoms with Crippen molar-refractivity contribution in [2.45, 2.75) is 12.8 Å². The molecule has 1 amide bonds. The molecule has 0 unspecified atom stereocenters. The molecule has 0 aliphatic carbocycles. The Bertz CT molecular complexity index is 563. The van der Waals surface area contributed by atoms with Gasteiger partial charge in [0.25, 0.3) is 5.91 Å². The molecule has 0 saturated carbocycles. The number of piperazine rings is 1. The molecule has 1 aliphatic heterocycles. The first-order valence-corrected chi connectivity index (χ1v) is 8.83. The summed E-state index contributed by atoms with van der Waals surface area (Å²) in [5.41, 5.74) is 1.09. The SMILES string of the molecule is C=CCc1ccc(OCC(=O)NCCCN2CCNCC2)c(OC)c1.Cl. The topological polar surface area (TPSA) is 62.8 Å². The summed E-state index contributed by atoms with van der Waals surface area (Å²) in [6, 6.07) is 5.68. The van der Waals surface area contributed by atoms with Gasteiger partial charge in [-0.25, -0.2) is 0 Å². The third kappa shape index (κ3) is 7.64. The smallest absolute Gasteiger partial charge is 0.257 e. The van der Waals surface area contributed by atoms with Gasteiger partial charge in [0.15, 0.2) is 18.1 Å². The van der Waals surface area contributed by atoms with Gasteiger partial charge < -0.3 is 25.0 Å². The third-order valence-electron chi connectivity index (χ3n) is 4.15. The van der Waals surface area contributed by atoms with Crippen molar-refractivity contribution in [3.8, 4) is 11.5 Å². The van der Waals surface area contributed by atoms with Crippen LogP contribution in [0.3, 0.4) is 0 Å². The van der Waals surface area contributed by atoms with Crippen molar-refractivity contribution >= 4 is 18.3 Å². The quantitative estimate of drug-likeness (QED) is 0.475. The van der Waals surface area contributed by atoms with E-state index < -0.39 is 0 Å². The number of rotatable bonds is 10. The highest BCUT2D eigenvalue weighted by molar-refractivity contribution is 5.85. The molecule has 1 saturated heterocycles. The monoisotopic (exact) mass is 383 g/mol. The Labute approximate surface area is 162 Å². The van der Waals surface area contributed by atoms with Gasteiger partial charge in [0.1, 0.15) is 0 Å². The number of nitrogens with one attached hydrogen (secondary N) is 2. The molecule has 0 atom stereocenters. The first kappa shape index (κ1) is 22.3. The van der Waals surface area contributed by atoms with Gasteiger partial charge in [-0.05, 0) is 37.1 Å². The van der Waals surface area contributed by atoms with Crippen molar-refractivity contribution in [2.24, 2.45) is 0 Å². The van der Waals surface area contributed by atoms with E-state index in [9.17, 15) is 4.79 Å². The van der Waals surface area contributed by atoms with Crippen molar-refractivity contribution in [3.63, 3.8) is 0 Å². The van der Waals surface area contributed by atoms with Crippen LogP contribution in [0.4, 0.5) is 0 Å². The van der Waals surface area contributed by atoms with Crippen LogP contribution >= 0.6 is 12.4 Å². The van der Waals surface area contributed by atoms with Crippen LogP contribution in [0.5, 0.6) is 11.5 Å². The van der Waals surface area contributed by atoms with Gasteiger partial charge in [-0.3, -0.25) is 4.79 Å². The lowest BCUT2D eigenvalue weighted by Crippen LogP contribution is -2.44. The Morgan fingerprint density at radius 2 is 2.12 bits per heavy atom. The van der Waals surface area contributed by atoms with E-state index in [4.69, 9.17) is 9.47 Å². The zero-order valence-electron chi connectivity index (χ0n) is 15.5. The number of carbonyl (C=O) groups excluding carboxylic acids is 1. The van der Waals surface area contributed by atoms with Crippen molar-refractivity contribution in [1.82, 2.24) is 15.5 Å². The van der Waals surface area contributed by atoms with Gasteiger partial charge in [-0.15, -0.1) is 19.0 Å². The number of amides is 1. The summed E-state index contributed by atoms with van der Waals surface area (Å²) in [5.74, 6) is 1.09. The van der Waals surface area contributed by atoms with Gasteiger partial charge in [0, 0.05) is 32.7 Å². The van der Waals surface area contributed by atoms with Crippen LogP contribution in [0.25, 0.3) is 0 Å². The molecule has 6 nitrogen and oxygen atoms in total. The summed E-state index contributed by atoms with van der Waals surface area (Å²) in [5, 5.41) is 6.23. The summed E-state index contributed by atoms with van der Waals surface area (Å²) >= 11 is 0. The molecule has 2 N–H and O–H groups in total. The molecule has 2 rings (SSSR count). The fourth-order valence-electron chi connectivity index (χ4n) is 2.78. The highest BCUT2D eigenvalue weighted by Gasteiger charge is 2.10. The number of methoxy groups -OCH3 is 1. The molecule has 0 radical (unpaired) electrons. The summed E-state index contributed by atoms with van der Waals surface area (Å²) < 4.78 is 10.9. The van der Waals surface area contributed by atoms with Crippen LogP contribution in [-0.2, 0) is 11.2 Å². The minimum absolute atomic E-state index is 0. The van der Waals surface area contributed by atoms with Gasteiger partial charge in [-0.1, -0.05) is 12.1 Å². The summed E-state index contributed by atoms with van der Waals surface area (Å²) in [4.78, 5) is 14.3. The Kier molecular flexibility index (Phi) is 10.8. The molecule has 1 aromatic carbocycles. The second-order valence-electron chi connectivity index (χ2n) is 6.06. The van der Waals surface area contributed by atoms with Crippen LogP contribution in [0.15, 0.2) is 30.9 Å². The molecule has 1 aromatic rings. The van der Waals surface area contributed by atoms with E-state index in [1.807, 2.05) is 24.3 Å². The maximum absolute atomic E-state index is 11.9. The second-order valence-corrected chi connectivity index (χ2v) is 6.06. The van der Waals surface area contributed by atoms with E-state index in [-0.39, 0.29) is 24.9 Å². The fourth-order valence-corrected chi connectivity index (χ4v) is 2.78. The normalized spacial score (nSPS) is 14.2. The van der Waals surface area contributed by atoms with Gasteiger partial charge in [0.05, 0.1) is 7.11 Å². The minimum Gasteiger partial charge on any atom is -0.493 e. The predicted molar refractivity (Wildman–Crippen MR) is 107 cm³/mol. The lowest BCUT2D eigenvalue weighted by molar-refractivity contribution is -0.123. The number of carbonyl (C=O) groups is 1. The first-order valence-electron chi connectivity index (χ1n) is 8.83. The molecule has 7 heteroatoms. The highest BCUT2D eigenvalue weighted by Crippen LogP contribution is 2.28.